The Morgan fingerprint density at radius 3 is 2.60 bits per heavy atom. The first-order valence-electron chi connectivity index (χ1n) is 5.44. The average Bonchev–Trinajstić information content (AvgIpc) is 2.22. The van der Waals surface area contributed by atoms with E-state index >= 15 is 0 Å². The van der Waals surface area contributed by atoms with Crippen LogP contribution in [0.4, 0.5) is 5.69 Å². The summed E-state index contributed by atoms with van der Waals surface area (Å²) in [5.74, 6) is 0. The molecule has 0 aliphatic heterocycles. The van der Waals surface area contributed by atoms with Crippen molar-refractivity contribution in [3.8, 4) is 0 Å². The van der Waals surface area contributed by atoms with E-state index in [0.29, 0.717) is 6.54 Å². The van der Waals surface area contributed by atoms with Gasteiger partial charge in [0, 0.05) is 18.8 Å². The summed E-state index contributed by atoms with van der Waals surface area (Å²) in [4.78, 5) is 2.21. The average molecular weight is 208 g/mol. The highest BCUT2D eigenvalue weighted by Gasteiger charge is 2.05. The standard InChI is InChI=1S/C12H20N2O/c1-2-7-14(8-9-15)10-11-5-3-4-6-12(11)13/h3-6,15H,2,7-10,13H2,1H3. The third-order valence-electron chi connectivity index (χ3n) is 2.41. The molecule has 0 amide bonds. The van der Waals surface area contributed by atoms with Crippen molar-refractivity contribution in [2.75, 3.05) is 25.4 Å². The van der Waals surface area contributed by atoms with Gasteiger partial charge in [0.15, 0.2) is 0 Å². The number of aliphatic hydroxyl groups excluding tert-OH is 1. The number of para-hydroxylation sites is 1. The molecule has 0 aliphatic carbocycles. The molecule has 0 saturated carbocycles. The van der Waals surface area contributed by atoms with Crippen LogP contribution in [0.5, 0.6) is 0 Å². The Kier molecular flexibility index (Phi) is 5.15. The number of hydrogen-bond acceptors (Lipinski definition) is 3. The zero-order valence-electron chi connectivity index (χ0n) is 9.32. The van der Waals surface area contributed by atoms with Crippen molar-refractivity contribution in [3.05, 3.63) is 29.8 Å². The lowest BCUT2D eigenvalue weighted by Gasteiger charge is -2.21. The SMILES string of the molecule is CCCN(CCO)Cc1ccccc1N. The van der Waals surface area contributed by atoms with Gasteiger partial charge in [0.05, 0.1) is 6.61 Å². The summed E-state index contributed by atoms with van der Waals surface area (Å²) in [5, 5.41) is 8.94. The molecule has 1 rings (SSSR count). The Hall–Kier alpha value is -1.06. The molecule has 0 radical (unpaired) electrons. The Bertz CT molecular complexity index is 283. The van der Waals surface area contributed by atoms with Gasteiger partial charge in [-0.05, 0) is 24.6 Å². The second kappa shape index (κ2) is 6.43. The molecule has 0 aliphatic rings. The van der Waals surface area contributed by atoms with Crippen molar-refractivity contribution in [3.63, 3.8) is 0 Å². The van der Waals surface area contributed by atoms with Gasteiger partial charge >= 0.3 is 0 Å². The molecule has 0 fully saturated rings. The Balaban J connectivity index is 2.60. The normalized spacial score (nSPS) is 10.9. The van der Waals surface area contributed by atoms with Gasteiger partial charge in [-0.25, -0.2) is 0 Å². The van der Waals surface area contributed by atoms with Crippen molar-refractivity contribution in [2.24, 2.45) is 0 Å². The van der Waals surface area contributed by atoms with Crippen molar-refractivity contribution in [2.45, 2.75) is 19.9 Å². The summed E-state index contributed by atoms with van der Waals surface area (Å²) in [5.41, 5.74) is 7.84. The summed E-state index contributed by atoms with van der Waals surface area (Å²) in [6.07, 6.45) is 1.09. The van der Waals surface area contributed by atoms with Crippen LogP contribution in [0.25, 0.3) is 0 Å². The van der Waals surface area contributed by atoms with Gasteiger partial charge in [-0.2, -0.15) is 0 Å². The van der Waals surface area contributed by atoms with Crippen LogP contribution in [0.3, 0.4) is 0 Å². The first kappa shape index (κ1) is 12.0. The molecular formula is C12H20N2O. The van der Waals surface area contributed by atoms with Crippen molar-refractivity contribution < 1.29 is 5.11 Å². The molecule has 3 N–H and O–H groups in total. The molecule has 0 aromatic heterocycles. The molecule has 0 spiro atoms. The molecule has 3 heteroatoms. The molecule has 0 atom stereocenters. The number of hydrogen-bond donors (Lipinski definition) is 2. The highest BCUT2D eigenvalue weighted by atomic mass is 16.3. The van der Waals surface area contributed by atoms with Crippen LogP contribution in [0, 0.1) is 0 Å². The zero-order valence-corrected chi connectivity index (χ0v) is 9.32. The highest BCUT2D eigenvalue weighted by Crippen LogP contribution is 2.13. The maximum absolute atomic E-state index is 8.94. The van der Waals surface area contributed by atoms with Gasteiger partial charge in [-0.3, -0.25) is 4.90 Å². The lowest BCUT2D eigenvalue weighted by atomic mass is 10.1. The van der Waals surface area contributed by atoms with Crippen LogP contribution < -0.4 is 5.73 Å². The number of benzene rings is 1. The summed E-state index contributed by atoms with van der Waals surface area (Å²) in [6, 6.07) is 7.89. The molecule has 15 heavy (non-hydrogen) atoms. The van der Waals surface area contributed by atoms with E-state index in [-0.39, 0.29) is 6.61 Å². The van der Waals surface area contributed by atoms with Crippen molar-refractivity contribution in [1.29, 1.82) is 0 Å². The maximum Gasteiger partial charge on any atom is 0.0558 e. The predicted octanol–water partition coefficient (Wildman–Crippen LogP) is 1.47. The van der Waals surface area contributed by atoms with Crippen molar-refractivity contribution >= 4 is 5.69 Å². The molecule has 1 aromatic carbocycles. The number of rotatable bonds is 6. The monoisotopic (exact) mass is 208 g/mol. The first-order valence-corrected chi connectivity index (χ1v) is 5.44. The Labute approximate surface area is 91.5 Å². The second-order valence-electron chi connectivity index (χ2n) is 3.70. The molecule has 1 aromatic rings. The van der Waals surface area contributed by atoms with Crippen molar-refractivity contribution in [1.82, 2.24) is 4.90 Å². The minimum Gasteiger partial charge on any atom is -0.398 e. The fourth-order valence-corrected chi connectivity index (χ4v) is 1.65. The van der Waals surface area contributed by atoms with Gasteiger partial charge in [-0.15, -0.1) is 0 Å². The minimum absolute atomic E-state index is 0.201. The van der Waals surface area contributed by atoms with E-state index in [1.165, 1.54) is 0 Å². The van der Waals surface area contributed by atoms with Crippen LogP contribution >= 0.6 is 0 Å². The summed E-state index contributed by atoms with van der Waals surface area (Å²) in [6.45, 7) is 4.86. The zero-order chi connectivity index (χ0) is 11.1. The third-order valence-corrected chi connectivity index (χ3v) is 2.41. The second-order valence-corrected chi connectivity index (χ2v) is 3.70. The van der Waals surface area contributed by atoms with Crippen LogP contribution in [-0.4, -0.2) is 29.7 Å². The van der Waals surface area contributed by atoms with Crippen LogP contribution in [-0.2, 0) is 6.54 Å². The van der Waals surface area contributed by atoms with Crippen LogP contribution in [0.1, 0.15) is 18.9 Å². The number of nitrogens with two attached hydrogens (primary N) is 1. The van der Waals surface area contributed by atoms with Gasteiger partial charge in [0.2, 0.25) is 0 Å². The number of nitrogen functional groups attached to an aromatic ring is 1. The van der Waals surface area contributed by atoms with E-state index in [2.05, 4.69) is 11.8 Å². The lowest BCUT2D eigenvalue weighted by molar-refractivity contribution is 0.190. The molecule has 0 unspecified atom stereocenters. The third kappa shape index (κ3) is 3.90. The van der Waals surface area contributed by atoms with Gasteiger partial charge in [0.25, 0.3) is 0 Å². The van der Waals surface area contributed by atoms with Crippen LogP contribution in [0.15, 0.2) is 24.3 Å². The van der Waals surface area contributed by atoms with Gasteiger partial charge in [-0.1, -0.05) is 25.1 Å². The number of aliphatic hydroxyl groups is 1. The largest absolute Gasteiger partial charge is 0.398 e. The quantitative estimate of drug-likeness (QED) is 0.696. The smallest absolute Gasteiger partial charge is 0.0558 e. The van der Waals surface area contributed by atoms with E-state index in [1.807, 2.05) is 24.3 Å². The minimum atomic E-state index is 0.201. The lowest BCUT2D eigenvalue weighted by Crippen LogP contribution is -2.27. The van der Waals surface area contributed by atoms with Gasteiger partial charge < -0.3 is 10.8 Å². The molecule has 0 bridgehead atoms. The fourth-order valence-electron chi connectivity index (χ4n) is 1.65. The van der Waals surface area contributed by atoms with E-state index < -0.39 is 0 Å². The summed E-state index contributed by atoms with van der Waals surface area (Å²) < 4.78 is 0. The van der Waals surface area contributed by atoms with E-state index in [4.69, 9.17) is 10.8 Å². The maximum atomic E-state index is 8.94. The Morgan fingerprint density at radius 2 is 2.00 bits per heavy atom. The summed E-state index contributed by atoms with van der Waals surface area (Å²) in [7, 11) is 0. The van der Waals surface area contributed by atoms with Gasteiger partial charge in [0.1, 0.15) is 0 Å². The number of nitrogens with zero attached hydrogens (tertiary/aromatic N) is 1. The molecule has 0 heterocycles. The molecule has 84 valence electrons. The molecule has 3 nitrogen and oxygen atoms in total. The first-order chi connectivity index (χ1) is 7.27. The topological polar surface area (TPSA) is 49.5 Å². The Morgan fingerprint density at radius 1 is 1.27 bits per heavy atom. The van der Waals surface area contributed by atoms with E-state index in [0.717, 1.165) is 30.8 Å². The molecule has 0 saturated heterocycles. The highest BCUT2D eigenvalue weighted by molar-refractivity contribution is 5.46. The van der Waals surface area contributed by atoms with E-state index in [1.54, 1.807) is 0 Å². The fraction of sp³-hybridized carbons (Fsp3) is 0.500. The predicted molar refractivity (Wildman–Crippen MR) is 63.5 cm³/mol. The number of anilines is 1. The summed E-state index contributed by atoms with van der Waals surface area (Å²) >= 11 is 0. The van der Waals surface area contributed by atoms with E-state index in [9.17, 15) is 0 Å². The molecular weight excluding hydrogens is 188 g/mol. The van der Waals surface area contributed by atoms with Crippen LogP contribution in [0.2, 0.25) is 0 Å².